The van der Waals surface area contributed by atoms with Gasteiger partial charge in [0.2, 0.25) is 0 Å². The SMILES string of the molecule is O=C1N=C(Cc2ccccc2)C(=O)O1. The molecule has 1 aliphatic rings. The minimum atomic E-state index is -0.819. The van der Waals surface area contributed by atoms with Gasteiger partial charge in [-0.1, -0.05) is 30.3 Å². The maximum atomic E-state index is 11.0. The predicted octanol–water partition coefficient (Wildman–Crippen LogP) is 1.35. The van der Waals surface area contributed by atoms with Gasteiger partial charge in [0.25, 0.3) is 0 Å². The molecule has 0 unspecified atom stereocenters. The van der Waals surface area contributed by atoms with Crippen LogP contribution in [0.1, 0.15) is 5.56 Å². The van der Waals surface area contributed by atoms with Crippen LogP contribution >= 0.6 is 0 Å². The summed E-state index contributed by atoms with van der Waals surface area (Å²) in [5.41, 5.74) is 1.10. The zero-order valence-electron chi connectivity index (χ0n) is 7.27. The van der Waals surface area contributed by atoms with Crippen LogP contribution in [0.15, 0.2) is 35.3 Å². The van der Waals surface area contributed by atoms with E-state index in [2.05, 4.69) is 9.73 Å². The molecule has 4 heteroatoms. The van der Waals surface area contributed by atoms with Crippen molar-refractivity contribution >= 4 is 17.8 Å². The number of nitrogens with zero attached hydrogens (tertiary/aromatic N) is 1. The Labute approximate surface area is 80.2 Å². The smallest absolute Gasteiger partial charge is 0.370 e. The van der Waals surface area contributed by atoms with Gasteiger partial charge in [-0.25, -0.2) is 9.59 Å². The van der Waals surface area contributed by atoms with Crippen LogP contribution in [0.3, 0.4) is 0 Å². The highest BCUT2D eigenvalue weighted by Crippen LogP contribution is 2.07. The number of cyclic esters (lactones) is 2. The highest BCUT2D eigenvalue weighted by Gasteiger charge is 2.25. The zero-order chi connectivity index (χ0) is 9.97. The number of hydrogen-bond acceptors (Lipinski definition) is 3. The third-order valence-corrected chi connectivity index (χ3v) is 1.86. The van der Waals surface area contributed by atoms with E-state index in [0.717, 1.165) is 5.56 Å². The van der Waals surface area contributed by atoms with Crippen LogP contribution in [-0.4, -0.2) is 17.8 Å². The predicted molar refractivity (Wildman–Crippen MR) is 49.1 cm³/mol. The minimum absolute atomic E-state index is 0.168. The Morgan fingerprint density at radius 2 is 1.86 bits per heavy atom. The molecule has 0 fully saturated rings. The number of aliphatic imine (C=N–C) groups is 1. The minimum Gasteiger partial charge on any atom is -0.370 e. The van der Waals surface area contributed by atoms with Gasteiger partial charge < -0.3 is 4.74 Å². The van der Waals surface area contributed by atoms with Crippen molar-refractivity contribution in [1.82, 2.24) is 0 Å². The zero-order valence-corrected chi connectivity index (χ0v) is 7.27. The molecule has 0 saturated heterocycles. The summed E-state index contributed by atoms with van der Waals surface area (Å²) in [7, 11) is 0. The molecule has 0 aliphatic carbocycles. The summed E-state index contributed by atoms with van der Waals surface area (Å²) in [6.07, 6.45) is -0.480. The molecular weight excluding hydrogens is 182 g/mol. The Morgan fingerprint density at radius 1 is 1.14 bits per heavy atom. The van der Waals surface area contributed by atoms with Crippen molar-refractivity contribution in [2.75, 3.05) is 0 Å². The summed E-state index contributed by atoms with van der Waals surface area (Å²) < 4.78 is 4.26. The topological polar surface area (TPSA) is 55.7 Å². The highest BCUT2D eigenvalue weighted by molar-refractivity contribution is 6.42. The largest absolute Gasteiger partial charge is 0.442 e. The van der Waals surface area contributed by atoms with Gasteiger partial charge in [-0.2, -0.15) is 4.99 Å². The summed E-state index contributed by atoms with van der Waals surface area (Å²) in [6, 6.07) is 9.32. The van der Waals surface area contributed by atoms with Crippen molar-refractivity contribution in [3.8, 4) is 0 Å². The molecule has 0 aromatic heterocycles. The molecule has 14 heavy (non-hydrogen) atoms. The van der Waals surface area contributed by atoms with E-state index in [-0.39, 0.29) is 5.71 Å². The van der Waals surface area contributed by atoms with Crippen molar-refractivity contribution in [1.29, 1.82) is 0 Å². The van der Waals surface area contributed by atoms with E-state index in [9.17, 15) is 9.59 Å². The molecule has 1 aromatic carbocycles. The monoisotopic (exact) mass is 189 g/mol. The molecule has 1 aromatic rings. The lowest BCUT2D eigenvalue weighted by Crippen LogP contribution is -2.13. The third-order valence-electron chi connectivity index (χ3n) is 1.86. The molecule has 0 bridgehead atoms. The lowest BCUT2D eigenvalue weighted by molar-refractivity contribution is -0.128. The quantitative estimate of drug-likeness (QED) is 0.521. The fraction of sp³-hybridized carbons (Fsp3) is 0.100. The van der Waals surface area contributed by atoms with Crippen LogP contribution < -0.4 is 0 Å². The van der Waals surface area contributed by atoms with Crippen LogP contribution in [0.5, 0.6) is 0 Å². The van der Waals surface area contributed by atoms with Crippen molar-refractivity contribution < 1.29 is 14.3 Å². The number of carbonyl (C=O) groups is 2. The van der Waals surface area contributed by atoms with E-state index in [1.165, 1.54) is 0 Å². The van der Waals surface area contributed by atoms with Crippen molar-refractivity contribution in [2.24, 2.45) is 4.99 Å². The van der Waals surface area contributed by atoms with Crippen LogP contribution in [0.4, 0.5) is 4.79 Å². The second-order valence-corrected chi connectivity index (χ2v) is 2.88. The maximum Gasteiger partial charge on any atom is 0.442 e. The van der Waals surface area contributed by atoms with Gasteiger partial charge in [0, 0.05) is 6.42 Å². The van der Waals surface area contributed by atoms with Crippen LogP contribution in [-0.2, 0) is 16.0 Å². The van der Waals surface area contributed by atoms with Crippen LogP contribution in [0.2, 0.25) is 0 Å². The molecule has 0 N–H and O–H groups in total. The lowest BCUT2D eigenvalue weighted by atomic mass is 10.1. The summed E-state index contributed by atoms with van der Waals surface area (Å²) in [4.78, 5) is 25.1. The van der Waals surface area contributed by atoms with E-state index < -0.39 is 12.1 Å². The number of ether oxygens (including phenoxy) is 1. The lowest BCUT2D eigenvalue weighted by Gasteiger charge is -1.96. The second kappa shape index (κ2) is 3.41. The average molecular weight is 189 g/mol. The molecule has 0 radical (unpaired) electrons. The molecule has 0 saturated carbocycles. The van der Waals surface area contributed by atoms with Gasteiger partial charge in [-0.05, 0) is 5.56 Å². The Bertz CT molecular complexity index is 409. The summed E-state index contributed by atoms with van der Waals surface area (Å²) >= 11 is 0. The second-order valence-electron chi connectivity index (χ2n) is 2.88. The summed E-state index contributed by atoms with van der Waals surface area (Å²) in [6.45, 7) is 0. The van der Waals surface area contributed by atoms with Gasteiger partial charge >= 0.3 is 12.1 Å². The van der Waals surface area contributed by atoms with Crippen molar-refractivity contribution in [3.05, 3.63) is 35.9 Å². The number of amides is 1. The van der Waals surface area contributed by atoms with E-state index in [0.29, 0.717) is 6.42 Å². The van der Waals surface area contributed by atoms with Crippen LogP contribution in [0.25, 0.3) is 0 Å². The molecule has 1 aliphatic heterocycles. The first-order valence-corrected chi connectivity index (χ1v) is 4.13. The number of rotatable bonds is 2. The number of hydrogen-bond donors (Lipinski definition) is 0. The molecule has 70 valence electrons. The van der Waals surface area contributed by atoms with Crippen LogP contribution in [0, 0.1) is 0 Å². The Kier molecular flexibility index (Phi) is 2.10. The van der Waals surface area contributed by atoms with E-state index in [4.69, 9.17) is 0 Å². The Balaban J connectivity index is 2.16. The van der Waals surface area contributed by atoms with Crippen molar-refractivity contribution in [3.63, 3.8) is 0 Å². The molecule has 0 atom stereocenters. The van der Waals surface area contributed by atoms with Gasteiger partial charge in [-0.15, -0.1) is 0 Å². The average Bonchev–Trinajstić information content (AvgIpc) is 2.47. The fourth-order valence-corrected chi connectivity index (χ4v) is 1.22. The van der Waals surface area contributed by atoms with E-state index in [1.807, 2.05) is 30.3 Å². The number of carbonyl (C=O) groups excluding carboxylic acids is 2. The summed E-state index contributed by atoms with van der Waals surface area (Å²) in [5.74, 6) is -0.640. The molecule has 2 rings (SSSR count). The van der Waals surface area contributed by atoms with Gasteiger partial charge in [0.1, 0.15) is 5.71 Å². The molecule has 0 spiro atoms. The first kappa shape index (κ1) is 8.62. The maximum absolute atomic E-state index is 11.0. The molecule has 1 amide bonds. The first-order chi connectivity index (χ1) is 6.75. The Morgan fingerprint density at radius 3 is 2.43 bits per heavy atom. The normalized spacial score (nSPS) is 15.3. The third kappa shape index (κ3) is 1.69. The van der Waals surface area contributed by atoms with E-state index >= 15 is 0 Å². The standard InChI is InChI=1S/C10H7NO3/c12-9-8(11-10(13)14-9)6-7-4-2-1-3-5-7/h1-5H,6H2. The van der Waals surface area contributed by atoms with Gasteiger partial charge in [-0.3, -0.25) is 0 Å². The van der Waals surface area contributed by atoms with Gasteiger partial charge in [0.05, 0.1) is 0 Å². The number of benzene rings is 1. The summed E-state index contributed by atoms with van der Waals surface area (Å²) in [5, 5.41) is 0. The molecule has 4 nitrogen and oxygen atoms in total. The number of esters is 1. The van der Waals surface area contributed by atoms with Gasteiger partial charge in [0.15, 0.2) is 0 Å². The van der Waals surface area contributed by atoms with Crippen molar-refractivity contribution in [2.45, 2.75) is 6.42 Å². The fourth-order valence-electron chi connectivity index (χ4n) is 1.22. The van der Waals surface area contributed by atoms with E-state index in [1.54, 1.807) is 0 Å². The molecular formula is C10H7NO3. The Hall–Kier alpha value is -1.97. The molecule has 1 heterocycles. The highest BCUT2D eigenvalue weighted by atomic mass is 16.6. The first-order valence-electron chi connectivity index (χ1n) is 4.13.